The summed E-state index contributed by atoms with van der Waals surface area (Å²) in [5.74, 6) is -0.299. The van der Waals surface area contributed by atoms with E-state index in [1.165, 1.54) is 25.7 Å². The second-order valence-electron chi connectivity index (χ2n) is 8.03. The molecule has 0 bridgehead atoms. The molecule has 0 aromatic carbocycles. The van der Waals surface area contributed by atoms with Crippen molar-refractivity contribution in [2.24, 2.45) is 5.73 Å². The fourth-order valence-corrected chi connectivity index (χ4v) is 2.90. The smallest absolute Gasteiger partial charge is 0.220 e. The van der Waals surface area contributed by atoms with Gasteiger partial charge in [-0.1, -0.05) is 56.2 Å². The van der Waals surface area contributed by atoms with Crippen molar-refractivity contribution < 1.29 is 23.8 Å². The molecule has 2 amide bonds. The summed E-state index contributed by atoms with van der Waals surface area (Å²) < 4.78 is 15.9. The highest BCUT2D eigenvalue weighted by Crippen LogP contribution is 2.03. The zero-order valence-electron chi connectivity index (χ0n) is 21.3. The highest BCUT2D eigenvalue weighted by molar-refractivity contribution is 5.75. The van der Waals surface area contributed by atoms with Gasteiger partial charge in [0.2, 0.25) is 11.8 Å². The maximum absolute atomic E-state index is 11.8. The molecule has 0 aliphatic carbocycles. The van der Waals surface area contributed by atoms with Crippen LogP contribution in [0.1, 0.15) is 77.6 Å². The molecule has 0 atom stereocenters. The number of rotatable bonds is 25. The van der Waals surface area contributed by atoms with Gasteiger partial charge in [-0.25, -0.2) is 0 Å². The summed E-state index contributed by atoms with van der Waals surface area (Å²) in [6, 6.07) is 0. The third-order valence-electron chi connectivity index (χ3n) is 4.85. The van der Waals surface area contributed by atoms with Gasteiger partial charge in [-0.2, -0.15) is 0 Å². The minimum Gasteiger partial charge on any atom is -0.379 e. The van der Waals surface area contributed by atoms with Gasteiger partial charge in [0.05, 0.1) is 39.6 Å². The number of unbranched alkanes of at least 4 members (excludes halogenated alkanes) is 5. The van der Waals surface area contributed by atoms with Crippen LogP contribution in [0.25, 0.3) is 0 Å². The second kappa shape index (κ2) is 27.3. The van der Waals surface area contributed by atoms with Crippen LogP contribution in [0.5, 0.6) is 0 Å². The van der Waals surface area contributed by atoms with Crippen LogP contribution in [0.2, 0.25) is 0 Å². The highest BCUT2D eigenvalue weighted by Gasteiger charge is 2.00. The summed E-state index contributed by atoms with van der Waals surface area (Å²) in [7, 11) is 0. The van der Waals surface area contributed by atoms with Gasteiger partial charge in [0.25, 0.3) is 0 Å². The quantitative estimate of drug-likeness (QED) is 0.147. The Hall–Kier alpha value is -1.96. The van der Waals surface area contributed by atoms with E-state index in [1.54, 1.807) is 0 Å². The Labute approximate surface area is 207 Å². The lowest BCUT2D eigenvalue weighted by molar-refractivity contribution is -0.121. The molecule has 0 radical (unpaired) electrons. The molecule has 34 heavy (non-hydrogen) atoms. The van der Waals surface area contributed by atoms with E-state index < -0.39 is 0 Å². The maximum Gasteiger partial charge on any atom is 0.220 e. The van der Waals surface area contributed by atoms with Crippen molar-refractivity contribution >= 4 is 11.8 Å². The molecule has 7 nitrogen and oxygen atoms in total. The predicted molar refractivity (Wildman–Crippen MR) is 139 cm³/mol. The van der Waals surface area contributed by atoms with Gasteiger partial charge >= 0.3 is 0 Å². The molecule has 0 aromatic rings. The number of ether oxygens (including phenoxy) is 3. The zero-order chi connectivity index (χ0) is 25.0. The van der Waals surface area contributed by atoms with Gasteiger partial charge in [0.15, 0.2) is 0 Å². The van der Waals surface area contributed by atoms with E-state index in [4.69, 9.17) is 19.9 Å². The maximum atomic E-state index is 11.8. The van der Waals surface area contributed by atoms with E-state index in [2.05, 4.69) is 48.7 Å². The number of amides is 2. The van der Waals surface area contributed by atoms with Crippen molar-refractivity contribution in [3.8, 4) is 0 Å². The summed E-state index contributed by atoms with van der Waals surface area (Å²) in [6.07, 6.45) is 24.1. The number of carbonyl (C=O) groups excluding carboxylic acids is 2. The number of primary amides is 1. The van der Waals surface area contributed by atoms with Crippen LogP contribution in [-0.4, -0.2) is 58.0 Å². The number of nitrogens with two attached hydrogens (primary N) is 1. The normalized spacial score (nSPS) is 11.8. The van der Waals surface area contributed by atoms with E-state index in [0.29, 0.717) is 52.6 Å². The minimum atomic E-state index is -0.371. The molecule has 3 N–H and O–H groups in total. The van der Waals surface area contributed by atoms with Crippen molar-refractivity contribution in [2.45, 2.75) is 77.6 Å². The first-order valence-corrected chi connectivity index (χ1v) is 12.9. The Balaban J connectivity index is 3.33. The summed E-state index contributed by atoms with van der Waals surface area (Å²) in [5.41, 5.74) is 5.01. The van der Waals surface area contributed by atoms with Crippen molar-refractivity contribution in [3.05, 3.63) is 36.5 Å². The number of allylic oxidation sites excluding steroid dienone is 6. The molecule has 0 saturated carbocycles. The van der Waals surface area contributed by atoms with Crippen molar-refractivity contribution in [1.82, 2.24) is 5.32 Å². The number of nitrogens with one attached hydrogen (secondary N) is 1. The molecule has 0 heterocycles. The first kappa shape index (κ1) is 32.0. The van der Waals surface area contributed by atoms with E-state index in [-0.39, 0.29) is 18.2 Å². The first-order valence-electron chi connectivity index (χ1n) is 12.9. The summed E-state index contributed by atoms with van der Waals surface area (Å²) in [4.78, 5) is 22.3. The van der Waals surface area contributed by atoms with E-state index in [1.807, 2.05) is 0 Å². The highest BCUT2D eigenvalue weighted by atomic mass is 16.5. The molecule has 0 fully saturated rings. The number of hydrogen-bond acceptors (Lipinski definition) is 5. The van der Waals surface area contributed by atoms with Crippen molar-refractivity contribution in [1.29, 1.82) is 0 Å². The standard InChI is InChI=1S/C27H48N2O5/c1-2-3-4-5-6-7-8-9-10-11-12-13-14-15-16-17-27(31)29-19-21-33-23-25-34-24-22-32-20-18-26(28)30/h6-7,9-10,12-13H,2-5,8,11,14-25H2,1H3,(H2,28,30)(H,29,31)/b7-6-,10-9-,13-12-. The summed E-state index contributed by atoms with van der Waals surface area (Å²) in [5, 5.41) is 2.87. The van der Waals surface area contributed by atoms with Crippen LogP contribution in [-0.2, 0) is 23.8 Å². The van der Waals surface area contributed by atoms with Gasteiger partial charge in [-0.3, -0.25) is 9.59 Å². The SMILES string of the molecule is CCCCC/C=C\C/C=C\C/C=C\CCCCC(=O)NCCOCCOCCOCCC(N)=O. The molecule has 0 saturated heterocycles. The van der Waals surface area contributed by atoms with Crippen LogP contribution >= 0.6 is 0 Å². The molecule has 0 rings (SSSR count). The fraction of sp³-hybridized carbons (Fsp3) is 0.704. The Morgan fingerprint density at radius 3 is 1.79 bits per heavy atom. The van der Waals surface area contributed by atoms with E-state index in [0.717, 1.165) is 32.1 Å². The molecular formula is C27H48N2O5. The van der Waals surface area contributed by atoms with Crippen molar-refractivity contribution in [2.75, 3.05) is 46.2 Å². The zero-order valence-corrected chi connectivity index (χ0v) is 21.3. The van der Waals surface area contributed by atoms with Gasteiger partial charge in [-0.15, -0.1) is 0 Å². The molecular weight excluding hydrogens is 432 g/mol. The Morgan fingerprint density at radius 2 is 1.21 bits per heavy atom. The average molecular weight is 481 g/mol. The molecule has 0 aromatic heterocycles. The van der Waals surface area contributed by atoms with Crippen LogP contribution in [0.4, 0.5) is 0 Å². The van der Waals surface area contributed by atoms with Crippen molar-refractivity contribution in [3.63, 3.8) is 0 Å². The fourth-order valence-electron chi connectivity index (χ4n) is 2.90. The average Bonchev–Trinajstić information content (AvgIpc) is 2.82. The van der Waals surface area contributed by atoms with Gasteiger partial charge < -0.3 is 25.3 Å². The molecule has 0 unspecified atom stereocenters. The first-order chi connectivity index (χ1) is 16.7. The lowest BCUT2D eigenvalue weighted by Crippen LogP contribution is -2.27. The number of hydrogen-bond donors (Lipinski definition) is 2. The molecule has 0 aliphatic rings. The largest absolute Gasteiger partial charge is 0.379 e. The van der Waals surface area contributed by atoms with Gasteiger partial charge in [0, 0.05) is 19.4 Å². The predicted octanol–water partition coefficient (Wildman–Crippen LogP) is 4.62. The topological polar surface area (TPSA) is 99.9 Å². The monoisotopic (exact) mass is 480 g/mol. The van der Waals surface area contributed by atoms with E-state index >= 15 is 0 Å². The number of carbonyl (C=O) groups is 2. The Morgan fingerprint density at radius 1 is 0.676 bits per heavy atom. The van der Waals surface area contributed by atoms with Gasteiger partial charge in [0.1, 0.15) is 0 Å². The molecule has 0 aliphatic heterocycles. The lowest BCUT2D eigenvalue weighted by atomic mass is 10.1. The lowest BCUT2D eigenvalue weighted by Gasteiger charge is -2.07. The molecule has 0 spiro atoms. The third kappa shape index (κ3) is 28.1. The Bertz CT molecular complexity index is 561. The third-order valence-corrected chi connectivity index (χ3v) is 4.85. The molecule has 196 valence electrons. The Kier molecular flexibility index (Phi) is 25.7. The van der Waals surface area contributed by atoms with Crippen LogP contribution < -0.4 is 11.1 Å². The van der Waals surface area contributed by atoms with E-state index in [9.17, 15) is 9.59 Å². The summed E-state index contributed by atoms with van der Waals surface area (Å²) >= 11 is 0. The van der Waals surface area contributed by atoms with Crippen LogP contribution in [0.3, 0.4) is 0 Å². The van der Waals surface area contributed by atoms with Gasteiger partial charge in [-0.05, 0) is 44.9 Å². The second-order valence-corrected chi connectivity index (χ2v) is 8.03. The molecule has 7 heteroatoms. The van der Waals surface area contributed by atoms with Crippen LogP contribution in [0, 0.1) is 0 Å². The minimum absolute atomic E-state index is 0.0719. The van der Waals surface area contributed by atoms with Crippen LogP contribution in [0.15, 0.2) is 36.5 Å². The summed E-state index contributed by atoms with van der Waals surface area (Å²) in [6.45, 7) is 5.33.